The highest BCUT2D eigenvalue weighted by atomic mass is 32.2. The third-order valence-corrected chi connectivity index (χ3v) is 15.1. The Hall–Kier alpha value is -6.86. The number of carbonyl (C=O) groups excluding carboxylic acids is 4. The van der Waals surface area contributed by atoms with E-state index in [9.17, 15) is 54.3 Å². The van der Waals surface area contributed by atoms with Crippen LogP contribution >= 0.6 is 11.8 Å². The number of hydrogen-bond acceptors (Lipinski definition) is 19. The number of hydrogen-bond donors (Lipinski definition) is 8. The summed E-state index contributed by atoms with van der Waals surface area (Å²) in [6.45, 7) is 12.9. The van der Waals surface area contributed by atoms with Gasteiger partial charge in [0.05, 0.1) is 59.2 Å². The highest BCUT2D eigenvalue weighted by Gasteiger charge is 2.50. The SMILES string of the molecule is CO[C@H]1C=CO[C@@]2(C)Oc3c(C)c(O)c4c(O)c(c(SCCNC(=O)COC[C@H]5O[C@@H](n6cc(C)c(=O)[nH]c6=O)C[C@@H]5N=[N+]=[N-])c(O)c4c3C2=O)NC(=O)/C(C)=C\C=C/[C@H](C)[C@H](O)[C@@H](C)[C@@H](O)[C@@H](C)[C@H](OC(C)=O)[C@@H]1C. The van der Waals surface area contributed by atoms with E-state index in [1.165, 1.54) is 70.7 Å². The minimum atomic E-state index is -2.14. The number of aliphatic hydroxyl groups excluding tert-OH is 2. The number of rotatable bonds is 12. The lowest BCUT2D eigenvalue weighted by molar-refractivity contribution is -0.160. The number of aryl methyl sites for hydroxylation is 1. The molecule has 5 heterocycles. The van der Waals surface area contributed by atoms with E-state index >= 15 is 0 Å². The molecular weight excluding hydrogens is 1010 g/mol. The van der Waals surface area contributed by atoms with Crippen molar-refractivity contribution in [3.8, 4) is 23.0 Å². The number of benzene rings is 2. The van der Waals surface area contributed by atoms with Gasteiger partial charge in [-0.15, -0.1) is 11.8 Å². The first-order chi connectivity index (χ1) is 35.9. The van der Waals surface area contributed by atoms with Gasteiger partial charge in [-0.1, -0.05) is 51.0 Å². The predicted octanol–water partition coefficient (Wildman–Crippen LogP) is 4.80. The van der Waals surface area contributed by atoms with Gasteiger partial charge in [-0.25, -0.2) is 4.79 Å². The van der Waals surface area contributed by atoms with E-state index in [4.69, 9.17) is 34.0 Å². The molecule has 1 aromatic heterocycles. The van der Waals surface area contributed by atoms with Crippen molar-refractivity contribution < 1.29 is 73.1 Å². The first-order valence-corrected chi connectivity index (χ1v) is 25.4. The van der Waals surface area contributed by atoms with Gasteiger partial charge < -0.3 is 64.6 Å². The van der Waals surface area contributed by atoms with Gasteiger partial charge in [0.2, 0.25) is 5.91 Å². The summed E-state index contributed by atoms with van der Waals surface area (Å²) >= 11 is 0.868. The van der Waals surface area contributed by atoms with Gasteiger partial charge in [0.15, 0.2) is 5.75 Å². The molecule has 1 saturated heterocycles. The molecule has 4 aliphatic rings. The number of aliphatic hydroxyl groups is 2. The molecule has 2 amide bonds. The number of amides is 2. The lowest BCUT2D eigenvalue weighted by atomic mass is 9.78. The van der Waals surface area contributed by atoms with Crippen LogP contribution in [0.2, 0.25) is 0 Å². The van der Waals surface area contributed by atoms with E-state index in [1.807, 2.05) is 0 Å². The van der Waals surface area contributed by atoms with Gasteiger partial charge in [-0.3, -0.25) is 33.5 Å². The summed E-state index contributed by atoms with van der Waals surface area (Å²) in [7, 11) is 1.40. The second kappa shape index (κ2) is 24.4. The Labute approximate surface area is 440 Å². The highest BCUT2D eigenvalue weighted by molar-refractivity contribution is 7.99. The Balaban J connectivity index is 1.30. The number of phenolic OH excluding ortho intramolecular Hbond substituents is 3. The van der Waals surface area contributed by atoms with Crippen LogP contribution in [0.3, 0.4) is 0 Å². The minimum absolute atomic E-state index is 0.0196. The summed E-state index contributed by atoms with van der Waals surface area (Å²) in [5.41, 5.74) is 7.59. The van der Waals surface area contributed by atoms with Gasteiger partial charge in [-0.05, 0) is 32.4 Å². The number of phenols is 3. The molecule has 8 N–H and O–H groups in total. The molecule has 412 valence electrons. The number of ketones is 1. The maximum Gasteiger partial charge on any atom is 0.330 e. The molecule has 0 spiro atoms. The molecule has 0 radical (unpaired) electrons. The van der Waals surface area contributed by atoms with Crippen molar-refractivity contribution in [2.24, 2.45) is 28.8 Å². The van der Waals surface area contributed by atoms with Crippen molar-refractivity contribution in [1.82, 2.24) is 14.9 Å². The Morgan fingerprint density at radius 2 is 1.71 bits per heavy atom. The van der Waals surface area contributed by atoms with Crippen LogP contribution < -0.4 is 26.6 Å². The number of H-pyrrole nitrogens is 1. The van der Waals surface area contributed by atoms with E-state index in [-0.39, 0.29) is 69.3 Å². The molecule has 1 fully saturated rings. The maximum absolute atomic E-state index is 14.6. The van der Waals surface area contributed by atoms with Gasteiger partial charge in [-0.2, -0.15) is 0 Å². The number of esters is 1. The molecule has 2 aromatic carbocycles. The monoisotopic (exact) mass is 1080 g/mol. The molecule has 25 heteroatoms. The van der Waals surface area contributed by atoms with E-state index in [0.29, 0.717) is 0 Å². The molecule has 24 nitrogen and oxygen atoms in total. The number of Topliss-reactive ketones (excluding diaryl/α,β-unsaturated/α-hetero) is 1. The number of ether oxygens (including phenoxy) is 6. The Morgan fingerprint density at radius 1 is 1.00 bits per heavy atom. The van der Waals surface area contributed by atoms with Crippen LogP contribution in [0.1, 0.15) is 82.6 Å². The fraction of sp³-hybridized carbons (Fsp3) is 0.529. The lowest BCUT2D eigenvalue weighted by Gasteiger charge is -2.38. The Kier molecular flexibility index (Phi) is 18.8. The van der Waals surface area contributed by atoms with E-state index < -0.39 is 136 Å². The summed E-state index contributed by atoms with van der Waals surface area (Å²) < 4.78 is 36.3. The number of nitrogens with zero attached hydrogens (tertiary/aromatic N) is 4. The number of allylic oxidation sites excluding steroid dienone is 2. The second-order valence-corrected chi connectivity index (χ2v) is 20.5. The largest absolute Gasteiger partial charge is 0.507 e. The number of azide groups is 1. The van der Waals surface area contributed by atoms with Gasteiger partial charge in [0, 0.05) is 96.5 Å². The molecule has 3 aromatic rings. The number of carbonyl (C=O) groups is 4. The quantitative estimate of drug-likeness (QED) is 0.0176. The standard InChI is InChI=1S/C51H65N7O17S/c1-22-12-11-13-23(2)48(67)54-38-42(64)36-35(43(65)46(38)76-17-15-53-33(60)21-71-20-32-30(56-57-52)18-34(74-32)58-19-24(3)49(68)55-50(58)69)37-45(28(7)41(36)63)75-51(9,47(37)66)72-16-14-31(70-10)25(4)44(73-29(8)59)27(6)40(62)26(5)39(22)61/h11-14,16,19,22,25-27,30-32,34,39-40,44,61-65H,15,17-18,20-21H2,1-10H3,(H,53,60)(H,54,67)(H,55,68,69)/b12-11-,16-14?,23-13-/t22-,25+,26+,27+,30-,31-,32+,34+,39-,40+,44+,51-/m0/s1. The fourth-order valence-electron chi connectivity index (χ4n) is 9.52. The van der Waals surface area contributed by atoms with Gasteiger partial charge in [0.25, 0.3) is 17.2 Å². The summed E-state index contributed by atoms with van der Waals surface area (Å²) in [5.74, 6) is -9.84. The number of methoxy groups -OCH3 is 1. The molecule has 0 unspecified atom stereocenters. The number of aromatic hydroxyl groups is 3. The van der Waals surface area contributed by atoms with Crippen LogP contribution in [-0.2, 0) is 38.1 Å². The summed E-state index contributed by atoms with van der Waals surface area (Å²) in [6, 6.07) is -0.779. The maximum atomic E-state index is 14.6. The number of thioether (sulfide) groups is 1. The first-order valence-electron chi connectivity index (χ1n) is 24.4. The fourth-order valence-corrected chi connectivity index (χ4v) is 10.5. The molecule has 5 bridgehead atoms. The second-order valence-electron chi connectivity index (χ2n) is 19.4. The Bertz CT molecular complexity index is 3000. The number of anilines is 1. The van der Waals surface area contributed by atoms with Crippen molar-refractivity contribution in [2.75, 3.05) is 37.9 Å². The van der Waals surface area contributed by atoms with E-state index in [2.05, 4.69) is 25.6 Å². The summed E-state index contributed by atoms with van der Waals surface area (Å²) in [6.07, 6.45) is 2.73. The van der Waals surface area contributed by atoms with Crippen LogP contribution in [0.4, 0.5) is 5.69 Å². The zero-order valence-corrected chi connectivity index (χ0v) is 44.5. The van der Waals surface area contributed by atoms with E-state index in [1.54, 1.807) is 33.8 Å². The summed E-state index contributed by atoms with van der Waals surface area (Å²) in [4.78, 5) is 83.2. The molecule has 4 aliphatic heterocycles. The first kappa shape index (κ1) is 58.4. The van der Waals surface area contributed by atoms with Crippen LogP contribution in [0, 0.1) is 37.5 Å². The van der Waals surface area contributed by atoms with Gasteiger partial charge >= 0.3 is 17.4 Å². The third kappa shape index (κ3) is 12.2. The molecule has 0 aliphatic carbocycles. The van der Waals surface area contributed by atoms with Crippen molar-refractivity contribution >= 4 is 51.8 Å². The van der Waals surface area contributed by atoms with E-state index in [0.717, 1.165) is 18.0 Å². The van der Waals surface area contributed by atoms with Crippen molar-refractivity contribution in [1.29, 1.82) is 0 Å². The number of fused-ring (bicyclic) bond motifs is 14. The Morgan fingerprint density at radius 3 is 2.38 bits per heavy atom. The zero-order chi connectivity index (χ0) is 56.1. The van der Waals surface area contributed by atoms with Crippen molar-refractivity contribution in [3.63, 3.8) is 0 Å². The number of aromatic amines is 1. The van der Waals surface area contributed by atoms with Crippen LogP contribution in [-0.4, -0.2) is 134 Å². The number of nitrogens with one attached hydrogen (secondary N) is 3. The van der Waals surface area contributed by atoms with Crippen LogP contribution in [0.25, 0.3) is 21.2 Å². The average Bonchev–Trinajstić information content (AvgIpc) is 3.90. The molecule has 7 rings (SSSR count). The van der Waals surface area contributed by atoms with Gasteiger partial charge in [0.1, 0.15) is 41.9 Å². The molecule has 0 saturated carbocycles. The highest BCUT2D eigenvalue weighted by Crippen LogP contribution is 2.57. The molecule has 76 heavy (non-hydrogen) atoms. The predicted molar refractivity (Wildman–Crippen MR) is 276 cm³/mol. The lowest BCUT2D eigenvalue weighted by Crippen LogP contribution is -2.46. The molecule has 12 atom stereocenters. The average molecular weight is 1080 g/mol. The smallest absolute Gasteiger partial charge is 0.330 e. The van der Waals surface area contributed by atoms with Crippen LogP contribution in [0.15, 0.2) is 61.9 Å². The number of aromatic nitrogens is 2. The van der Waals surface area contributed by atoms with Crippen LogP contribution in [0.5, 0.6) is 23.0 Å². The topological polar surface area (TPSA) is 352 Å². The zero-order valence-electron chi connectivity index (χ0n) is 43.7. The minimum Gasteiger partial charge on any atom is -0.507 e. The normalized spacial score (nSPS) is 29.2. The molecular formula is C51H65N7O17S. The third-order valence-electron chi connectivity index (χ3n) is 14.0. The van der Waals surface area contributed by atoms with Crippen molar-refractivity contribution in [3.05, 3.63) is 90.3 Å². The van der Waals surface area contributed by atoms with Crippen molar-refractivity contribution in [2.45, 2.75) is 122 Å². The summed E-state index contributed by atoms with van der Waals surface area (Å²) in [5, 5.41) is 67.3.